The number of rotatable bonds is 6. The summed E-state index contributed by atoms with van der Waals surface area (Å²) >= 11 is 0. The lowest BCUT2D eigenvalue weighted by molar-refractivity contribution is 0.0948. The minimum Gasteiger partial charge on any atom is -0.354 e. The molecule has 1 heterocycles. The Morgan fingerprint density at radius 3 is 2.50 bits per heavy atom. The molecule has 0 unspecified atom stereocenters. The number of hydrogen-bond acceptors (Lipinski definition) is 2. The lowest BCUT2D eigenvalue weighted by Gasteiger charge is -2.07. The normalized spacial score (nSPS) is 10.9. The van der Waals surface area contributed by atoms with Gasteiger partial charge in [0.2, 0.25) is 0 Å². The number of carbonyl (C=O) groups is 2. The van der Waals surface area contributed by atoms with Gasteiger partial charge in [-0.2, -0.15) is 0 Å². The highest BCUT2D eigenvalue weighted by Gasteiger charge is 2.21. The summed E-state index contributed by atoms with van der Waals surface area (Å²) in [5.41, 5.74) is 3.90. The monoisotopic (exact) mass is 348 g/mol. The van der Waals surface area contributed by atoms with E-state index in [2.05, 4.69) is 40.6 Å². The Morgan fingerprint density at radius 2 is 1.81 bits per heavy atom. The Balaban J connectivity index is 1.69. The van der Waals surface area contributed by atoms with Crippen molar-refractivity contribution in [2.75, 3.05) is 6.54 Å². The molecule has 1 aromatic heterocycles. The van der Waals surface area contributed by atoms with Crippen molar-refractivity contribution < 1.29 is 9.59 Å². The van der Waals surface area contributed by atoms with Crippen LogP contribution in [0.25, 0.3) is 10.8 Å². The van der Waals surface area contributed by atoms with Crippen molar-refractivity contribution in [2.24, 2.45) is 0 Å². The lowest BCUT2D eigenvalue weighted by Crippen LogP contribution is -2.27. The van der Waals surface area contributed by atoms with Gasteiger partial charge in [0.1, 0.15) is 5.69 Å². The second-order valence-corrected chi connectivity index (χ2v) is 6.58. The number of hydrogen-bond donors (Lipinski definition) is 2. The summed E-state index contributed by atoms with van der Waals surface area (Å²) in [5.74, 6) is -0.163. The van der Waals surface area contributed by atoms with Crippen molar-refractivity contribution in [2.45, 2.75) is 33.6 Å². The number of aromatic nitrogens is 1. The van der Waals surface area contributed by atoms with Crippen LogP contribution in [0, 0.1) is 6.92 Å². The van der Waals surface area contributed by atoms with Crippen molar-refractivity contribution in [1.29, 1.82) is 0 Å². The van der Waals surface area contributed by atoms with Crippen LogP contribution < -0.4 is 5.32 Å². The molecule has 26 heavy (non-hydrogen) atoms. The summed E-state index contributed by atoms with van der Waals surface area (Å²) < 4.78 is 0. The zero-order valence-corrected chi connectivity index (χ0v) is 15.5. The standard InChI is InChI=1S/C22H24N2O2/c1-4-19-20(15(3)25)14(2)24-21(19)22(26)23-12-11-16-9-10-17-7-5-6-8-18(17)13-16/h5-10,13,24H,4,11-12H2,1-3H3,(H,23,26). The number of amides is 1. The summed E-state index contributed by atoms with van der Waals surface area (Å²) in [5, 5.41) is 5.39. The van der Waals surface area contributed by atoms with Gasteiger partial charge in [0.25, 0.3) is 5.91 Å². The fraction of sp³-hybridized carbons (Fsp3) is 0.273. The number of fused-ring (bicyclic) bond motifs is 1. The molecule has 0 aliphatic rings. The van der Waals surface area contributed by atoms with E-state index in [0.29, 0.717) is 24.2 Å². The maximum atomic E-state index is 12.6. The van der Waals surface area contributed by atoms with Crippen molar-refractivity contribution in [3.05, 3.63) is 70.5 Å². The molecule has 0 radical (unpaired) electrons. The fourth-order valence-corrected chi connectivity index (χ4v) is 3.50. The second kappa shape index (κ2) is 7.56. The molecule has 0 saturated carbocycles. The Hall–Kier alpha value is -2.88. The summed E-state index contributed by atoms with van der Waals surface area (Å²) in [6.07, 6.45) is 1.41. The smallest absolute Gasteiger partial charge is 0.268 e. The maximum absolute atomic E-state index is 12.6. The molecule has 0 spiro atoms. The lowest BCUT2D eigenvalue weighted by atomic mass is 10.0. The number of carbonyl (C=O) groups excluding carboxylic acids is 2. The third kappa shape index (κ3) is 3.54. The van der Waals surface area contributed by atoms with Gasteiger partial charge in [0.05, 0.1) is 0 Å². The molecule has 2 aromatic carbocycles. The predicted molar refractivity (Wildman–Crippen MR) is 105 cm³/mol. The average molecular weight is 348 g/mol. The molecule has 0 aliphatic heterocycles. The van der Waals surface area contributed by atoms with Crippen molar-refractivity contribution >= 4 is 22.5 Å². The van der Waals surface area contributed by atoms with Crippen molar-refractivity contribution in [3.8, 4) is 0 Å². The van der Waals surface area contributed by atoms with Crippen LogP contribution in [0.5, 0.6) is 0 Å². The molecule has 3 aromatic rings. The number of ketones is 1. The summed E-state index contributed by atoms with van der Waals surface area (Å²) in [6.45, 7) is 5.88. The predicted octanol–water partition coefficient (Wildman–Crippen LogP) is 4.21. The highest BCUT2D eigenvalue weighted by Crippen LogP contribution is 2.20. The first kappa shape index (κ1) is 17.9. The third-order valence-corrected chi connectivity index (χ3v) is 4.74. The number of Topliss-reactive ketones (excluding diaryl/α,β-unsaturated/α-hetero) is 1. The van der Waals surface area contributed by atoms with Gasteiger partial charge in [-0.25, -0.2) is 0 Å². The van der Waals surface area contributed by atoms with E-state index in [1.165, 1.54) is 23.3 Å². The topological polar surface area (TPSA) is 62.0 Å². The molecule has 4 heteroatoms. The van der Waals surface area contributed by atoms with Gasteiger partial charge in [-0.15, -0.1) is 0 Å². The van der Waals surface area contributed by atoms with E-state index in [9.17, 15) is 9.59 Å². The van der Waals surface area contributed by atoms with Gasteiger partial charge >= 0.3 is 0 Å². The molecule has 0 saturated heterocycles. The van der Waals surface area contributed by atoms with E-state index in [0.717, 1.165) is 17.7 Å². The minimum atomic E-state index is -0.154. The number of H-pyrrole nitrogens is 1. The summed E-state index contributed by atoms with van der Waals surface area (Å²) in [7, 11) is 0. The first-order valence-corrected chi connectivity index (χ1v) is 8.99. The SMILES string of the molecule is CCc1c(C(=O)NCCc2ccc3ccccc3c2)[nH]c(C)c1C(C)=O. The van der Waals surface area contributed by atoms with Gasteiger partial charge in [-0.3, -0.25) is 9.59 Å². The molecule has 1 amide bonds. The van der Waals surface area contributed by atoms with Gasteiger partial charge < -0.3 is 10.3 Å². The first-order chi connectivity index (χ1) is 12.5. The highest BCUT2D eigenvalue weighted by molar-refractivity contribution is 6.02. The van der Waals surface area contributed by atoms with Gasteiger partial charge in [0.15, 0.2) is 5.78 Å². The average Bonchev–Trinajstić information content (AvgIpc) is 2.98. The minimum absolute atomic E-state index is 0.00851. The van der Waals surface area contributed by atoms with Crippen LogP contribution in [0.15, 0.2) is 42.5 Å². The third-order valence-electron chi connectivity index (χ3n) is 4.74. The fourth-order valence-electron chi connectivity index (χ4n) is 3.50. The molecule has 134 valence electrons. The van der Waals surface area contributed by atoms with E-state index >= 15 is 0 Å². The Bertz CT molecular complexity index is 969. The van der Waals surface area contributed by atoms with Crippen LogP contribution in [0.4, 0.5) is 0 Å². The van der Waals surface area contributed by atoms with E-state index in [1.54, 1.807) is 0 Å². The van der Waals surface area contributed by atoms with Crippen LogP contribution in [0.3, 0.4) is 0 Å². The summed E-state index contributed by atoms with van der Waals surface area (Å²) in [4.78, 5) is 27.5. The quantitative estimate of drug-likeness (QED) is 0.655. The molecule has 3 rings (SSSR count). The van der Waals surface area contributed by atoms with Crippen molar-refractivity contribution in [3.63, 3.8) is 0 Å². The largest absolute Gasteiger partial charge is 0.354 e. The Labute approximate surface area is 153 Å². The van der Waals surface area contributed by atoms with Crippen LogP contribution in [0.1, 0.15) is 51.5 Å². The molecular weight excluding hydrogens is 324 g/mol. The zero-order chi connectivity index (χ0) is 18.7. The van der Waals surface area contributed by atoms with Crippen LogP contribution >= 0.6 is 0 Å². The second-order valence-electron chi connectivity index (χ2n) is 6.58. The Kier molecular flexibility index (Phi) is 5.21. The van der Waals surface area contributed by atoms with Crippen LogP contribution in [0.2, 0.25) is 0 Å². The molecule has 4 nitrogen and oxygen atoms in total. The Morgan fingerprint density at radius 1 is 1.08 bits per heavy atom. The first-order valence-electron chi connectivity index (χ1n) is 8.99. The molecule has 0 fully saturated rings. The molecule has 0 aliphatic carbocycles. The van der Waals surface area contributed by atoms with Gasteiger partial charge in [-0.05, 0) is 48.6 Å². The molecular formula is C22H24N2O2. The van der Waals surface area contributed by atoms with Crippen LogP contribution in [-0.4, -0.2) is 23.2 Å². The molecule has 0 bridgehead atoms. The highest BCUT2D eigenvalue weighted by atomic mass is 16.2. The summed E-state index contributed by atoms with van der Waals surface area (Å²) in [6, 6.07) is 14.6. The molecule has 2 N–H and O–H groups in total. The van der Waals surface area contributed by atoms with Crippen LogP contribution in [-0.2, 0) is 12.8 Å². The molecule has 0 atom stereocenters. The van der Waals surface area contributed by atoms with Gasteiger partial charge in [-0.1, -0.05) is 49.4 Å². The number of nitrogens with one attached hydrogen (secondary N) is 2. The van der Waals surface area contributed by atoms with E-state index in [4.69, 9.17) is 0 Å². The van der Waals surface area contributed by atoms with Crippen molar-refractivity contribution in [1.82, 2.24) is 10.3 Å². The van der Waals surface area contributed by atoms with E-state index in [-0.39, 0.29) is 11.7 Å². The van der Waals surface area contributed by atoms with Gasteiger partial charge in [0, 0.05) is 17.8 Å². The zero-order valence-electron chi connectivity index (χ0n) is 15.5. The van der Waals surface area contributed by atoms with E-state index < -0.39 is 0 Å². The maximum Gasteiger partial charge on any atom is 0.268 e. The number of aryl methyl sites for hydroxylation is 1. The van der Waals surface area contributed by atoms with E-state index in [1.807, 2.05) is 26.0 Å². The number of aromatic amines is 1. The number of benzene rings is 2.